The molecule has 2 aromatic rings. The number of nitrogens with one attached hydrogen (secondary N) is 2. The van der Waals surface area contributed by atoms with E-state index in [-0.39, 0.29) is 0 Å². The number of hydrogen-bond acceptors (Lipinski definition) is 4. The van der Waals surface area contributed by atoms with Gasteiger partial charge in [0, 0.05) is 32.1 Å². The maximum atomic E-state index is 6.06. The highest BCUT2D eigenvalue weighted by Crippen LogP contribution is 2.21. The maximum absolute atomic E-state index is 6.06. The number of nitrogens with zero attached hydrogens (tertiary/aromatic N) is 4. The van der Waals surface area contributed by atoms with Gasteiger partial charge in [-0.15, -0.1) is 10.2 Å². The minimum atomic E-state index is 0.612. The minimum Gasteiger partial charge on any atom is -0.493 e. The molecule has 0 bridgehead atoms. The Bertz CT molecular complexity index is 829. The van der Waals surface area contributed by atoms with Crippen LogP contribution in [-0.2, 0) is 26.1 Å². The van der Waals surface area contributed by atoms with Gasteiger partial charge in [0.2, 0.25) is 0 Å². The van der Waals surface area contributed by atoms with Crippen molar-refractivity contribution in [1.82, 2.24) is 25.4 Å². The Labute approximate surface area is 180 Å². The van der Waals surface area contributed by atoms with Crippen LogP contribution in [-0.4, -0.2) is 34.4 Å². The van der Waals surface area contributed by atoms with Gasteiger partial charge in [0.05, 0.1) is 13.2 Å². The van der Waals surface area contributed by atoms with Crippen LogP contribution >= 0.6 is 0 Å². The summed E-state index contributed by atoms with van der Waals surface area (Å²) in [5.41, 5.74) is 2.34. The molecular weight excluding hydrogens is 376 g/mol. The van der Waals surface area contributed by atoms with Gasteiger partial charge in [-0.3, -0.25) is 4.99 Å². The maximum Gasteiger partial charge on any atom is 0.191 e. The van der Waals surface area contributed by atoms with Crippen LogP contribution in [0.4, 0.5) is 0 Å². The average Bonchev–Trinajstić information content (AvgIpc) is 2.98. The molecule has 0 saturated carbocycles. The summed E-state index contributed by atoms with van der Waals surface area (Å²) in [5.74, 6) is 3.79. The molecule has 1 aromatic carbocycles. The van der Waals surface area contributed by atoms with Gasteiger partial charge in [0.25, 0.3) is 0 Å². The number of ether oxygens (including phenoxy) is 1. The number of hydrogen-bond donors (Lipinski definition) is 2. The van der Waals surface area contributed by atoms with Crippen molar-refractivity contribution in [2.24, 2.45) is 4.99 Å². The lowest BCUT2D eigenvalue weighted by Gasteiger charge is -2.16. The molecule has 30 heavy (non-hydrogen) atoms. The number of aromatic nitrogens is 3. The Morgan fingerprint density at radius 2 is 2.00 bits per heavy atom. The number of guanidine groups is 1. The molecule has 2 N–H and O–H groups in total. The standard InChI is InChI=1S/C23H36N6O/c1-4-5-9-14-30-20-15-18(2)11-12-19(20)16-25-23(24-3)26-17-22-28-27-21-10-7-6-8-13-29(21)22/h11-12,15H,4-10,13-14,16-17H2,1-3H3,(H2,24,25,26). The Balaban J connectivity index is 1.55. The summed E-state index contributed by atoms with van der Waals surface area (Å²) in [6, 6.07) is 6.37. The molecule has 1 aromatic heterocycles. The summed E-state index contributed by atoms with van der Waals surface area (Å²) in [4.78, 5) is 4.36. The molecule has 0 unspecified atom stereocenters. The summed E-state index contributed by atoms with van der Waals surface area (Å²) in [6.07, 6.45) is 8.16. The first-order valence-corrected chi connectivity index (χ1v) is 11.3. The van der Waals surface area contributed by atoms with Crippen molar-refractivity contribution in [2.45, 2.75) is 78.4 Å². The summed E-state index contributed by atoms with van der Waals surface area (Å²) >= 11 is 0. The first-order chi connectivity index (χ1) is 14.7. The van der Waals surface area contributed by atoms with E-state index >= 15 is 0 Å². The van der Waals surface area contributed by atoms with E-state index in [1.165, 1.54) is 37.7 Å². The average molecular weight is 413 g/mol. The number of rotatable bonds is 9. The quantitative estimate of drug-likeness (QED) is 0.373. The van der Waals surface area contributed by atoms with Gasteiger partial charge in [-0.25, -0.2) is 0 Å². The van der Waals surface area contributed by atoms with E-state index in [2.05, 4.69) is 62.4 Å². The van der Waals surface area contributed by atoms with Crippen molar-refractivity contribution in [3.63, 3.8) is 0 Å². The monoisotopic (exact) mass is 412 g/mol. The van der Waals surface area contributed by atoms with Gasteiger partial charge in [-0.2, -0.15) is 0 Å². The molecule has 0 aliphatic carbocycles. The molecule has 0 atom stereocenters. The molecule has 1 aliphatic heterocycles. The van der Waals surface area contributed by atoms with Gasteiger partial charge >= 0.3 is 0 Å². The second-order valence-electron chi connectivity index (χ2n) is 7.94. The fourth-order valence-electron chi connectivity index (χ4n) is 3.71. The van der Waals surface area contributed by atoms with Crippen molar-refractivity contribution < 1.29 is 4.74 Å². The predicted molar refractivity (Wildman–Crippen MR) is 121 cm³/mol. The normalized spacial score (nSPS) is 14.2. The van der Waals surface area contributed by atoms with Crippen LogP contribution < -0.4 is 15.4 Å². The molecule has 0 radical (unpaired) electrons. The fraction of sp³-hybridized carbons (Fsp3) is 0.609. The zero-order valence-electron chi connectivity index (χ0n) is 18.7. The van der Waals surface area contributed by atoms with Crippen molar-refractivity contribution >= 4 is 5.96 Å². The third kappa shape index (κ3) is 6.21. The third-order valence-electron chi connectivity index (χ3n) is 5.50. The third-order valence-corrected chi connectivity index (χ3v) is 5.50. The lowest BCUT2D eigenvalue weighted by Crippen LogP contribution is -2.37. The minimum absolute atomic E-state index is 0.612. The van der Waals surface area contributed by atoms with Crippen LogP contribution in [0.5, 0.6) is 5.75 Å². The first kappa shape index (κ1) is 22.1. The zero-order chi connectivity index (χ0) is 21.2. The summed E-state index contributed by atoms with van der Waals surface area (Å²) in [6.45, 7) is 7.33. The van der Waals surface area contributed by atoms with Crippen molar-refractivity contribution in [1.29, 1.82) is 0 Å². The number of fused-ring (bicyclic) bond motifs is 1. The van der Waals surface area contributed by atoms with E-state index in [0.29, 0.717) is 13.1 Å². The van der Waals surface area contributed by atoms with Crippen LogP contribution in [0, 0.1) is 6.92 Å². The molecule has 7 heteroatoms. The number of aliphatic imine (C=N–C) groups is 1. The second-order valence-corrected chi connectivity index (χ2v) is 7.94. The molecule has 2 heterocycles. The van der Waals surface area contributed by atoms with E-state index in [4.69, 9.17) is 4.74 Å². The van der Waals surface area contributed by atoms with Crippen molar-refractivity contribution in [3.8, 4) is 5.75 Å². The van der Waals surface area contributed by atoms with Crippen molar-refractivity contribution in [3.05, 3.63) is 41.0 Å². The Morgan fingerprint density at radius 3 is 2.83 bits per heavy atom. The predicted octanol–water partition coefficient (Wildman–Crippen LogP) is 3.75. The topological polar surface area (TPSA) is 76.4 Å². The van der Waals surface area contributed by atoms with Gasteiger partial charge in [0.15, 0.2) is 11.8 Å². The van der Waals surface area contributed by atoms with E-state index < -0.39 is 0 Å². The van der Waals surface area contributed by atoms with E-state index in [1.807, 2.05) is 0 Å². The molecule has 0 amide bonds. The van der Waals surface area contributed by atoms with Crippen LogP contribution in [0.25, 0.3) is 0 Å². The highest BCUT2D eigenvalue weighted by atomic mass is 16.5. The molecule has 7 nitrogen and oxygen atoms in total. The van der Waals surface area contributed by atoms with Crippen LogP contribution in [0.3, 0.4) is 0 Å². The van der Waals surface area contributed by atoms with Crippen LogP contribution in [0.1, 0.15) is 68.2 Å². The SMILES string of the molecule is CCCCCOc1cc(C)ccc1CNC(=NC)NCc1nnc2n1CCCCC2. The molecule has 164 valence electrons. The first-order valence-electron chi connectivity index (χ1n) is 11.3. The summed E-state index contributed by atoms with van der Waals surface area (Å²) in [7, 11) is 1.79. The Morgan fingerprint density at radius 1 is 1.13 bits per heavy atom. The molecular formula is C23H36N6O. The largest absolute Gasteiger partial charge is 0.493 e. The van der Waals surface area contributed by atoms with Gasteiger partial charge in [-0.1, -0.05) is 38.3 Å². The molecule has 1 aliphatic rings. The lowest BCUT2D eigenvalue weighted by atomic mass is 10.1. The number of benzene rings is 1. The number of unbranched alkanes of at least 4 members (excludes halogenated alkanes) is 2. The van der Waals surface area contributed by atoms with Crippen LogP contribution in [0.15, 0.2) is 23.2 Å². The fourth-order valence-corrected chi connectivity index (χ4v) is 3.71. The smallest absolute Gasteiger partial charge is 0.191 e. The highest BCUT2D eigenvalue weighted by Gasteiger charge is 2.15. The highest BCUT2D eigenvalue weighted by molar-refractivity contribution is 5.79. The number of aryl methyl sites for hydroxylation is 2. The van der Waals surface area contributed by atoms with E-state index in [0.717, 1.165) is 54.9 Å². The van der Waals surface area contributed by atoms with Gasteiger partial charge < -0.3 is 19.9 Å². The van der Waals surface area contributed by atoms with Crippen molar-refractivity contribution in [2.75, 3.05) is 13.7 Å². The molecule has 0 fully saturated rings. The lowest BCUT2D eigenvalue weighted by molar-refractivity contribution is 0.303. The second kappa shape index (κ2) is 11.6. The van der Waals surface area contributed by atoms with Gasteiger partial charge in [0.1, 0.15) is 11.6 Å². The Hall–Kier alpha value is -2.57. The molecule has 0 saturated heterocycles. The van der Waals surface area contributed by atoms with Crippen LogP contribution in [0.2, 0.25) is 0 Å². The van der Waals surface area contributed by atoms with E-state index in [9.17, 15) is 0 Å². The zero-order valence-corrected chi connectivity index (χ0v) is 18.7. The van der Waals surface area contributed by atoms with Gasteiger partial charge in [-0.05, 0) is 37.8 Å². The summed E-state index contributed by atoms with van der Waals surface area (Å²) < 4.78 is 8.32. The summed E-state index contributed by atoms with van der Waals surface area (Å²) in [5, 5.41) is 15.5. The Kier molecular flexibility index (Phi) is 8.53. The molecule has 3 rings (SSSR count). The van der Waals surface area contributed by atoms with E-state index in [1.54, 1.807) is 7.05 Å². The molecule has 0 spiro atoms.